The molecule has 1 amide bonds. The first-order chi connectivity index (χ1) is 15.5. The van der Waals surface area contributed by atoms with Crippen molar-refractivity contribution in [3.05, 3.63) is 101 Å². The van der Waals surface area contributed by atoms with Gasteiger partial charge < -0.3 is 10.6 Å². The number of benzene rings is 3. The molecule has 0 bridgehead atoms. The van der Waals surface area contributed by atoms with Gasteiger partial charge in [-0.15, -0.1) is 0 Å². The molecule has 0 saturated carbocycles. The second-order valence-electron chi connectivity index (χ2n) is 8.28. The maximum atomic E-state index is 13.6. The first-order valence-corrected chi connectivity index (χ1v) is 11.0. The van der Waals surface area contributed by atoms with Gasteiger partial charge in [-0.3, -0.25) is 9.36 Å². The van der Waals surface area contributed by atoms with Crippen LogP contribution in [0.1, 0.15) is 36.6 Å². The lowest BCUT2D eigenvalue weighted by molar-refractivity contribution is -0.113. The van der Waals surface area contributed by atoms with Gasteiger partial charge >= 0.3 is 0 Å². The molecule has 5 nitrogen and oxygen atoms in total. The van der Waals surface area contributed by atoms with E-state index in [0.29, 0.717) is 5.57 Å². The summed E-state index contributed by atoms with van der Waals surface area (Å²) in [5, 5.41) is 6.48. The van der Waals surface area contributed by atoms with Gasteiger partial charge in [0.15, 0.2) is 0 Å². The molecular formula is C27H26N4O. The molecule has 2 N–H and O–H groups in total. The molecule has 2 heterocycles. The molecule has 1 aliphatic rings. The number of imidazole rings is 1. The van der Waals surface area contributed by atoms with Crippen LogP contribution in [0.15, 0.2) is 84.1 Å². The minimum Gasteiger partial charge on any atom is -0.329 e. The van der Waals surface area contributed by atoms with Crippen molar-refractivity contribution in [3.8, 4) is 0 Å². The van der Waals surface area contributed by atoms with E-state index in [0.717, 1.165) is 45.9 Å². The zero-order valence-corrected chi connectivity index (χ0v) is 18.5. The minimum absolute atomic E-state index is 0.116. The molecule has 1 aliphatic heterocycles. The van der Waals surface area contributed by atoms with Crippen molar-refractivity contribution in [1.82, 2.24) is 9.55 Å². The van der Waals surface area contributed by atoms with Crippen LogP contribution >= 0.6 is 0 Å². The number of hydrogen-bond donors (Lipinski definition) is 2. The number of fused-ring (bicyclic) bond motifs is 3. The van der Waals surface area contributed by atoms with Gasteiger partial charge in [-0.2, -0.15) is 0 Å². The first kappa shape index (κ1) is 20.1. The molecule has 0 fully saturated rings. The highest BCUT2D eigenvalue weighted by Gasteiger charge is 2.34. The zero-order valence-electron chi connectivity index (χ0n) is 18.5. The van der Waals surface area contributed by atoms with E-state index in [1.165, 1.54) is 5.56 Å². The number of para-hydroxylation sites is 2. The predicted molar refractivity (Wildman–Crippen MR) is 130 cm³/mol. The first-order valence-electron chi connectivity index (χ1n) is 11.0. The molecule has 0 saturated heterocycles. The number of nitrogens with zero attached hydrogens (tertiary/aromatic N) is 2. The van der Waals surface area contributed by atoms with Gasteiger partial charge in [0.25, 0.3) is 5.91 Å². The number of rotatable bonds is 4. The summed E-state index contributed by atoms with van der Waals surface area (Å²) < 4.78 is 2.13. The molecule has 32 heavy (non-hydrogen) atoms. The van der Waals surface area contributed by atoms with Gasteiger partial charge in [0.05, 0.1) is 22.6 Å². The number of hydrogen-bond acceptors (Lipinski definition) is 3. The highest BCUT2D eigenvalue weighted by Crippen LogP contribution is 2.39. The number of aromatic nitrogens is 2. The van der Waals surface area contributed by atoms with Gasteiger partial charge in [-0.25, -0.2) is 4.98 Å². The molecule has 0 spiro atoms. The SMILES string of the molecule is CCc1ccc(NC(=O)C2=C(C)Nc3nc4ccccc4n3[C@H]2c2cccc(C)c2)cc1. The molecule has 5 rings (SSSR count). The number of aryl methyl sites for hydroxylation is 2. The summed E-state index contributed by atoms with van der Waals surface area (Å²) >= 11 is 0. The predicted octanol–water partition coefficient (Wildman–Crippen LogP) is 5.83. The van der Waals surface area contributed by atoms with E-state index in [4.69, 9.17) is 4.98 Å². The van der Waals surface area contributed by atoms with E-state index in [9.17, 15) is 4.79 Å². The van der Waals surface area contributed by atoms with Crippen LogP contribution in [-0.2, 0) is 11.2 Å². The summed E-state index contributed by atoms with van der Waals surface area (Å²) in [7, 11) is 0. The summed E-state index contributed by atoms with van der Waals surface area (Å²) in [6.07, 6.45) is 0.967. The standard InChI is InChI=1S/C27H26N4O/c1-4-19-12-14-21(15-13-19)29-26(32)24-18(3)28-27-30-22-10-5-6-11-23(22)31(27)25(24)20-9-7-8-17(2)16-20/h5-16,25H,4H2,1-3H3,(H,28,30)(H,29,32)/t25-/m0/s1. The Labute approximate surface area is 187 Å². The Morgan fingerprint density at radius 2 is 1.81 bits per heavy atom. The molecule has 0 radical (unpaired) electrons. The normalized spacial score (nSPS) is 15.4. The molecule has 1 atom stereocenters. The van der Waals surface area contributed by atoms with Crippen LogP contribution < -0.4 is 10.6 Å². The van der Waals surface area contributed by atoms with Crippen LogP contribution in [-0.4, -0.2) is 15.5 Å². The highest BCUT2D eigenvalue weighted by molar-refractivity contribution is 6.06. The molecule has 160 valence electrons. The van der Waals surface area contributed by atoms with E-state index in [1.54, 1.807) is 0 Å². The van der Waals surface area contributed by atoms with Crippen molar-refractivity contribution in [2.75, 3.05) is 10.6 Å². The minimum atomic E-state index is -0.284. The summed E-state index contributed by atoms with van der Waals surface area (Å²) in [6, 6.07) is 24.1. The van der Waals surface area contributed by atoms with E-state index >= 15 is 0 Å². The van der Waals surface area contributed by atoms with Gasteiger partial charge in [0.1, 0.15) is 0 Å². The number of nitrogens with one attached hydrogen (secondary N) is 2. The van der Waals surface area contributed by atoms with E-state index in [1.807, 2.05) is 43.3 Å². The topological polar surface area (TPSA) is 59.0 Å². The summed E-state index contributed by atoms with van der Waals surface area (Å²) in [5.41, 5.74) is 7.62. The quantitative estimate of drug-likeness (QED) is 0.435. The lowest BCUT2D eigenvalue weighted by Gasteiger charge is -2.31. The fourth-order valence-electron chi connectivity index (χ4n) is 4.44. The Hall–Kier alpha value is -3.86. The summed E-state index contributed by atoms with van der Waals surface area (Å²) in [5.74, 6) is 0.633. The third-order valence-electron chi connectivity index (χ3n) is 6.05. The van der Waals surface area contributed by atoms with Gasteiger partial charge in [-0.1, -0.05) is 61.0 Å². The molecular weight excluding hydrogens is 396 g/mol. The molecule has 4 aromatic rings. The average molecular weight is 423 g/mol. The fourth-order valence-corrected chi connectivity index (χ4v) is 4.44. The van der Waals surface area contributed by atoms with Crippen LogP contribution in [0.4, 0.5) is 11.6 Å². The fraction of sp³-hybridized carbons (Fsp3) is 0.185. The lowest BCUT2D eigenvalue weighted by Crippen LogP contribution is -2.31. The monoisotopic (exact) mass is 422 g/mol. The molecule has 0 aliphatic carbocycles. The van der Waals surface area contributed by atoms with E-state index < -0.39 is 0 Å². The van der Waals surface area contributed by atoms with Crippen molar-refractivity contribution in [3.63, 3.8) is 0 Å². The number of allylic oxidation sites excluding steroid dienone is 1. The summed E-state index contributed by atoms with van der Waals surface area (Å²) in [6.45, 7) is 6.14. The summed E-state index contributed by atoms with van der Waals surface area (Å²) in [4.78, 5) is 18.4. The number of carbonyl (C=O) groups excluding carboxylic acids is 1. The Bertz CT molecular complexity index is 1350. The maximum Gasteiger partial charge on any atom is 0.255 e. The molecule has 5 heteroatoms. The van der Waals surface area contributed by atoms with E-state index in [-0.39, 0.29) is 11.9 Å². The second-order valence-corrected chi connectivity index (χ2v) is 8.28. The second kappa shape index (κ2) is 8.00. The van der Waals surface area contributed by atoms with Gasteiger partial charge in [0.2, 0.25) is 5.95 Å². The van der Waals surface area contributed by atoms with Crippen molar-refractivity contribution in [2.24, 2.45) is 0 Å². The van der Waals surface area contributed by atoms with Crippen LogP contribution in [0, 0.1) is 6.92 Å². The van der Waals surface area contributed by atoms with Crippen molar-refractivity contribution in [2.45, 2.75) is 33.2 Å². The van der Waals surface area contributed by atoms with Crippen LogP contribution in [0.2, 0.25) is 0 Å². The lowest BCUT2D eigenvalue weighted by atomic mass is 9.93. The van der Waals surface area contributed by atoms with E-state index in [2.05, 4.69) is 65.4 Å². The third-order valence-corrected chi connectivity index (χ3v) is 6.05. The number of carbonyl (C=O) groups is 1. The van der Waals surface area contributed by atoms with Gasteiger partial charge in [0, 0.05) is 11.4 Å². The van der Waals surface area contributed by atoms with Crippen LogP contribution in [0.3, 0.4) is 0 Å². The Morgan fingerprint density at radius 1 is 1.03 bits per heavy atom. The Balaban J connectivity index is 1.63. The highest BCUT2D eigenvalue weighted by atomic mass is 16.1. The van der Waals surface area contributed by atoms with Crippen molar-refractivity contribution < 1.29 is 4.79 Å². The largest absolute Gasteiger partial charge is 0.329 e. The third kappa shape index (κ3) is 3.46. The molecule has 1 aromatic heterocycles. The van der Waals surface area contributed by atoms with Crippen LogP contribution in [0.25, 0.3) is 11.0 Å². The average Bonchev–Trinajstić information content (AvgIpc) is 3.16. The zero-order chi connectivity index (χ0) is 22.2. The molecule has 3 aromatic carbocycles. The van der Waals surface area contributed by atoms with Gasteiger partial charge in [-0.05, 0) is 55.7 Å². The van der Waals surface area contributed by atoms with Crippen molar-refractivity contribution in [1.29, 1.82) is 0 Å². The smallest absolute Gasteiger partial charge is 0.255 e. The number of anilines is 2. The number of amides is 1. The Kier molecular flexibility index (Phi) is 5.02. The maximum absolute atomic E-state index is 13.6. The Morgan fingerprint density at radius 3 is 2.56 bits per heavy atom. The molecule has 0 unspecified atom stereocenters. The van der Waals surface area contributed by atoms with Crippen molar-refractivity contribution >= 4 is 28.6 Å². The van der Waals surface area contributed by atoms with Crippen LogP contribution in [0.5, 0.6) is 0 Å².